The van der Waals surface area contributed by atoms with Gasteiger partial charge in [-0.05, 0) is 42.0 Å². The summed E-state index contributed by atoms with van der Waals surface area (Å²) >= 11 is 7.63. The fourth-order valence-electron chi connectivity index (χ4n) is 3.36. The monoisotopic (exact) mass is 448 g/mol. The third-order valence-corrected chi connectivity index (χ3v) is 6.04. The Morgan fingerprint density at radius 2 is 1.97 bits per heavy atom. The number of nitrogens with zero attached hydrogens (tertiary/aromatic N) is 2. The Morgan fingerprint density at radius 3 is 2.84 bits per heavy atom. The van der Waals surface area contributed by atoms with Gasteiger partial charge in [0.05, 0.1) is 5.69 Å². The molecule has 1 atom stereocenters. The van der Waals surface area contributed by atoms with Crippen LogP contribution in [0.1, 0.15) is 32.7 Å². The molecule has 31 heavy (non-hydrogen) atoms. The fourth-order valence-corrected chi connectivity index (χ4v) is 4.40. The van der Waals surface area contributed by atoms with Crippen LogP contribution in [0.3, 0.4) is 0 Å². The summed E-state index contributed by atoms with van der Waals surface area (Å²) in [4.78, 5) is 21.2. The molecule has 1 aliphatic rings. The van der Waals surface area contributed by atoms with Gasteiger partial charge in [-0.15, -0.1) is 11.3 Å². The molecule has 5 rings (SSSR count). The molecule has 4 aromatic rings. The fraction of sp³-hybridized carbons (Fsp3) is 0.0870. The van der Waals surface area contributed by atoms with Crippen molar-refractivity contribution in [2.45, 2.75) is 12.6 Å². The van der Waals surface area contributed by atoms with Crippen molar-refractivity contribution < 1.29 is 9.53 Å². The van der Waals surface area contributed by atoms with E-state index < -0.39 is 0 Å². The molecule has 1 unspecified atom stereocenters. The van der Waals surface area contributed by atoms with Crippen molar-refractivity contribution in [1.29, 1.82) is 0 Å². The Bertz CT molecular complexity index is 1250. The van der Waals surface area contributed by atoms with Crippen LogP contribution in [0.2, 0.25) is 5.02 Å². The number of rotatable bonds is 4. The Balaban J connectivity index is 1.43. The molecule has 6 nitrogen and oxygen atoms in total. The average Bonchev–Trinajstić information content (AvgIpc) is 3.22. The van der Waals surface area contributed by atoms with Gasteiger partial charge in [-0.25, -0.2) is 4.98 Å². The van der Waals surface area contributed by atoms with Crippen molar-refractivity contribution in [3.63, 3.8) is 0 Å². The van der Waals surface area contributed by atoms with Crippen LogP contribution in [-0.2, 0) is 6.54 Å². The molecule has 0 fully saturated rings. The molecule has 0 saturated carbocycles. The number of thiazole rings is 1. The minimum Gasteiger partial charge on any atom is -0.455 e. The van der Waals surface area contributed by atoms with E-state index in [1.807, 2.05) is 48.5 Å². The number of hydrogen-bond donors (Lipinski definition) is 2. The van der Waals surface area contributed by atoms with E-state index in [0.29, 0.717) is 23.0 Å². The largest absolute Gasteiger partial charge is 0.455 e. The normalized spacial score (nSPS) is 14.4. The number of anilines is 1. The van der Waals surface area contributed by atoms with Crippen molar-refractivity contribution in [3.8, 4) is 11.5 Å². The first kappa shape index (κ1) is 19.5. The Kier molecular flexibility index (Phi) is 5.28. The summed E-state index contributed by atoms with van der Waals surface area (Å²) in [6.45, 7) is 0.415. The van der Waals surface area contributed by atoms with Gasteiger partial charge in [0.2, 0.25) is 0 Å². The number of nitrogens with one attached hydrogen (secondary N) is 2. The average molecular weight is 449 g/mol. The number of aromatic nitrogens is 2. The van der Waals surface area contributed by atoms with Crippen LogP contribution in [-0.4, -0.2) is 15.9 Å². The summed E-state index contributed by atoms with van der Waals surface area (Å²) in [6, 6.07) is 16.7. The molecular formula is C23H17ClN4O2S. The van der Waals surface area contributed by atoms with E-state index in [-0.39, 0.29) is 11.9 Å². The number of carbonyl (C=O) groups is 1. The van der Waals surface area contributed by atoms with Crippen LogP contribution in [0.5, 0.6) is 11.5 Å². The Morgan fingerprint density at radius 1 is 1.13 bits per heavy atom. The molecule has 154 valence electrons. The highest BCUT2D eigenvalue weighted by atomic mass is 35.5. The predicted molar refractivity (Wildman–Crippen MR) is 121 cm³/mol. The number of ether oxygens (including phenoxy) is 1. The van der Waals surface area contributed by atoms with E-state index in [1.165, 1.54) is 11.3 Å². The summed E-state index contributed by atoms with van der Waals surface area (Å²) in [6.07, 6.45) is 3.40. The lowest BCUT2D eigenvalue weighted by atomic mass is 10.1. The minimum atomic E-state index is -0.275. The number of fused-ring (bicyclic) bond motifs is 2. The van der Waals surface area contributed by atoms with E-state index in [2.05, 4.69) is 20.6 Å². The zero-order chi connectivity index (χ0) is 21.2. The number of carbonyl (C=O) groups excluding carboxylic acids is 1. The summed E-state index contributed by atoms with van der Waals surface area (Å²) in [5.41, 5.74) is 3.06. The summed E-state index contributed by atoms with van der Waals surface area (Å²) < 4.78 is 6.12. The zero-order valence-corrected chi connectivity index (χ0v) is 17.8. The van der Waals surface area contributed by atoms with Crippen molar-refractivity contribution in [2.24, 2.45) is 0 Å². The lowest BCUT2D eigenvalue weighted by molar-refractivity contribution is 0.0946. The molecule has 3 heterocycles. The highest BCUT2D eigenvalue weighted by Crippen LogP contribution is 2.43. The first-order chi connectivity index (χ1) is 15.2. The van der Waals surface area contributed by atoms with Gasteiger partial charge in [0.25, 0.3) is 5.91 Å². The lowest BCUT2D eigenvalue weighted by Gasteiger charge is -2.16. The number of halogens is 1. The summed E-state index contributed by atoms with van der Waals surface area (Å²) in [5.74, 6) is 1.20. The lowest BCUT2D eigenvalue weighted by Crippen LogP contribution is -2.23. The van der Waals surface area contributed by atoms with Crippen molar-refractivity contribution in [1.82, 2.24) is 15.3 Å². The molecule has 0 radical (unpaired) electrons. The topological polar surface area (TPSA) is 76.1 Å². The van der Waals surface area contributed by atoms with Gasteiger partial charge in [-0.2, -0.15) is 0 Å². The highest BCUT2D eigenvalue weighted by Gasteiger charge is 2.27. The van der Waals surface area contributed by atoms with Gasteiger partial charge in [-0.3, -0.25) is 9.78 Å². The van der Waals surface area contributed by atoms with Crippen molar-refractivity contribution >= 4 is 34.5 Å². The van der Waals surface area contributed by atoms with Gasteiger partial charge in [0.15, 0.2) is 5.75 Å². The SMILES string of the molecule is O=C(NCc1ccncc1)c1csc(C2Nc3cc(Cl)ccc3Oc3ccccc32)n1. The van der Waals surface area contributed by atoms with Crippen molar-refractivity contribution in [3.05, 3.63) is 99.2 Å². The second kappa shape index (κ2) is 8.37. The molecule has 1 aliphatic heterocycles. The van der Waals surface area contributed by atoms with Gasteiger partial charge in [-0.1, -0.05) is 29.8 Å². The summed E-state index contributed by atoms with van der Waals surface area (Å²) in [7, 11) is 0. The molecular weight excluding hydrogens is 432 g/mol. The number of para-hydroxylation sites is 1. The molecule has 2 N–H and O–H groups in total. The first-order valence-electron chi connectivity index (χ1n) is 9.63. The Labute approximate surface area is 187 Å². The maximum absolute atomic E-state index is 12.6. The van der Waals surface area contributed by atoms with Crippen LogP contribution in [0.4, 0.5) is 5.69 Å². The van der Waals surface area contributed by atoms with Crippen LogP contribution >= 0.6 is 22.9 Å². The van der Waals surface area contributed by atoms with Gasteiger partial charge < -0.3 is 15.4 Å². The second-order valence-corrected chi connectivity index (χ2v) is 8.29. The molecule has 2 aromatic heterocycles. The molecule has 0 saturated heterocycles. The summed E-state index contributed by atoms with van der Waals surface area (Å²) in [5, 5.41) is 9.52. The van der Waals surface area contributed by atoms with E-state index in [9.17, 15) is 4.79 Å². The van der Waals surface area contributed by atoms with E-state index in [4.69, 9.17) is 16.3 Å². The zero-order valence-electron chi connectivity index (χ0n) is 16.2. The third kappa shape index (κ3) is 4.10. The highest BCUT2D eigenvalue weighted by molar-refractivity contribution is 7.10. The number of pyridine rings is 1. The minimum absolute atomic E-state index is 0.221. The molecule has 8 heteroatoms. The number of hydrogen-bond acceptors (Lipinski definition) is 6. The first-order valence-corrected chi connectivity index (χ1v) is 10.9. The van der Waals surface area contributed by atoms with Crippen LogP contribution in [0, 0.1) is 0 Å². The number of amides is 1. The maximum Gasteiger partial charge on any atom is 0.271 e. The van der Waals surface area contributed by atoms with Gasteiger partial charge in [0.1, 0.15) is 22.5 Å². The van der Waals surface area contributed by atoms with E-state index >= 15 is 0 Å². The van der Waals surface area contributed by atoms with Crippen LogP contribution < -0.4 is 15.4 Å². The molecule has 2 aromatic carbocycles. The smallest absolute Gasteiger partial charge is 0.271 e. The standard InChI is InChI=1S/C23H17ClN4O2S/c24-15-5-6-20-17(11-15)27-21(16-3-1-2-4-19(16)30-20)23-28-18(13-31-23)22(29)26-12-14-7-9-25-10-8-14/h1-11,13,21,27H,12H2,(H,26,29). The van der Waals surface area contributed by atoms with Crippen molar-refractivity contribution in [2.75, 3.05) is 5.32 Å². The predicted octanol–water partition coefficient (Wildman–Crippen LogP) is 5.43. The van der Waals surface area contributed by atoms with E-state index in [0.717, 1.165) is 27.6 Å². The maximum atomic E-state index is 12.6. The molecule has 0 aliphatic carbocycles. The van der Waals surface area contributed by atoms with Gasteiger partial charge in [0, 0.05) is 34.9 Å². The molecule has 0 bridgehead atoms. The van der Waals surface area contributed by atoms with E-state index in [1.54, 1.807) is 23.8 Å². The van der Waals surface area contributed by atoms with Crippen LogP contribution in [0.25, 0.3) is 0 Å². The van der Waals surface area contributed by atoms with Crippen LogP contribution in [0.15, 0.2) is 72.4 Å². The number of benzene rings is 2. The quantitative estimate of drug-likeness (QED) is 0.435. The Hall–Kier alpha value is -3.42. The molecule has 1 amide bonds. The van der Waals surface area contributed by atoms with Gasteiger partial charge >= 0.3 is 0 Å². The third-order valence-electron chi connectivity index (χ3n) is 4.90. The molecule has 0 spiro atoms. The second-order valence-electron chi connectivity index (χ2n) is 6.97.